The normalized spacial score (nSPS) is 11.6. The van der Waals surface area contributed by atoms with E-state index in [-0.39, 0.29) is 6.42 Å². The molecular weight excluding hydrogens is 412 g/mol. The smallest absolute Gasteiger partial charge is 0.251 e. The summed E-state index contributed by atoms with van der Waals surface area (Å²) >= 11 is 0. The molecule has 3 rings (SSSR count). The van der Waals surface area contributed by atoms with E-state index in [9.17, 15) is 18.4 Å². The zero-order chi connectivity index (χ0) is 23.1. The van der Waals surface area contributed by atoms with Crippen molar-refractivity contribution < 1.29 is 18.4 Å². The topological polar surface area (TPSA) is 71.1 Å². The van der Waals surface area contributed by atoms with E-state index in [1.807, 2.05) is 38.1 Å². The predicted octanol–water partition coefficient (Wildman–Crippen LogP) is 3.68. The van der Waals surface area contributed by atoms with E-state index in [1.165, 1.54) is 6.07 Å². The summed E-state index contributed by atoms with van der Waals surface area (Å²) in [4.78, 5) is 29.9. The van der Waals surface area contributed by atoms with Gasteiger partial charge in [-0.15, -0.1) is 0 Å². The fourth-order valence-corrected chi connectivity index (χ4v) is 3.22. The van der Waals surface area contributed by atoms with Crippen LogP contribution in [-0.2, 0) is 17.6 Å². The zero-order valence-corrected chi connectivity index (χ0v) is 18.0. The molecule has 7 heteroatoms. The summed E-state index contributed by atoms with van der Waals surface area (Å²) in [7, 11) is 0. The van der Waals surface area contributed by atoms with Gasteiger partial charge in [0.15, 0.2) is 11.6 Å². The van der Waals surface area contributed by atoms with Crippen LogP contribution < -0.4 is 10.6 Å². The summed E-state index contributed by atoms with van der Waals surface area (Å²) < 4.78 is 27.0. The number of aryl methyl sites for hydroxylation is 2. The van der Waals surface area contributed by atoms with Crippen molar-refractivity contribution in [2.24, 2.45) is 0 Å². The molecule has 0 spiro atoms. The maximum Gasteiger partial charge on any atom is 0.251 e. The van der Waals surface area contributed by atoms with E-state index < -0.39 is 29.5 Å². The second kappa shape index (κ2) is 10.6. The van der Waals surface area contributed by atoms with Crippen LogP contribution >= 0.6 is 0 Å². The summed E-state index contributed by atoms with van der Waals surface area (Å²) in [6.45, 7) is 4.16. The zero-order valence-electron chi connectivity index (χ0n) is 18.0. The Labute approximate surface area is 185 Å². The highest BCUT2D eigenvalue weighted by Gasteiger charge is 2.22. The summed E-state index contributed by atoms with van der Waals surface area (Å²) in [6.07, 6.45) is 2.21. The number of carbonyl (C=O) groups is 2. The van der Waals surface area contributed by atoms with E-state index in [0.29, 0.717) is 24.1 Å². The molecule has 32 heavy (non-hydrogen) atoms. The van der Waals surface area contributed by atoms with Crippen LogP contribution in [0.15, 0.2) is 60.8 Å². The van der Waals surface area contributed by atoms with E-state index in [0.717, 1.165) is 29.0 Å². The maximum atomic E-state index is 13.7. The summed E-state index contributed by atoms with van der Waals surface area (Å²) in [6, 6.07) is 13.3. The van der Waals surface area contributed by atoms with Gasteiger partial charge in [0.25, 0.3) is 5.91 Å². The molecule has 166 valence electrons. The number of hydrogen-bond donors (Lipinski definition) is 2. The van der Waals surface area contributed by atoms with E-state index in [4.69, 9.17) is 0 Å². The Bertz CT molecular complexity index is 1100. The lowest BCUT2D eigenvalue weighted by atomic mass is 10.0. The third-order valence-electron chi connectivity index (χ3n) is 5.22. The Kier molecular flexibility index (Phi) is 7.65. The molecule has 0 aliphatic heterocycles. The number of benzene rings is 2. The summed E-state index contributed by atoms with van der Waals surface area (Å²) in [5.41, 5.74) is 3.64. The van der Waals surface area contributed by atoms with Crippen molar-refractivity contribution in [2.75, 3.05) is 6.54 Å². The fourth-order valence-electron chi connectivity index (χ4n) is 3.22. The van der Waals surface area contributed by atoms with Gasteiger partial charge < -0.3 is 10.6 Å². The number of hydrogen-bond acceptors (Lipinski definition) is 3. The Balaban J connectivity index is 1.73. The second-order valence-corrected chi connectivity index (χ2v) is 7.64. The Morgan fingerprint density at radius 2 is 1.78 bits per heavy atom. The van der Waals surface area contributed by atoms with Crippen molar-refractivity contribution in [1.29, 1.82) is 0 Å². The van der Waals surface area contributed by atoms with Gasteiger partial charge in [-0.25, -0.2) is 8.78 Å². The molecule has 2 amide bonds. The number of nitrogens with one attached hydrogen (secondary N) is 2. The first kappa shape index (κ1) is 23.1. The van der Waals surface area contributed by atoms with Gasteiger partial charge in [0.2, 0.25) is 5.91 Å². The largest absolute Gasteiger partial charge is 0.354 e. The Hall–Kier alpha value is -3.61. The highest BCUT2D eigenvalue weighted by molar-refractivity contribution is 5.97. The van der Waals surface area contributed by atoms with Crippen molar-refractivity contribution in [2.45, 2.75) is 32.7 Å². The molecule has 0 aliphatic carbocycles. The number of pyridine rings is 1. The minimum absolute atomic E-state index is 0.0171. The molecular formula is C25H25F2N3O2. The molecule has 0 aliphatic rings. The van der Waals surface area contributed by atoms with Crippen molar-refractivity contribution >= 4 is 11.8 Å². The molecule has 2 aromatic carbocycles. The van der Waals surface area contributed by atoms with Gasteiger partial charge in [0, 0.05) is 36.8 Å². The molecule has 0 radical (unpaired) electrons. The number of amides is 2. The summed E-state index contributed by atoms with van der Waals surface area (Å²) in [5.74, 6) is -2.80. The summed E-state index contributed by atoms with van der Waals surface area (Å²) in [5, 5.41) is 5.52. The third-order valence-corrected chi connectivity index (χ3v) is 5.22. The lowest BCUT2D eigenvalue weighted by Gasteiger charge is -2.19. The minimum atomic E-state index is -1.00. The van der Waals surface area contributed by atoms with E-state index in [1.54, 1.807) is 18.3 Å². The van der Waals surface area contributed by atoms with Crippen LogP contribution in [0, 0.1) is 25.5 Å². The minimum Gasteiger partial charge on any atom is -0.354 e. The molecule has 1 atom stereocenters. The number of halogens is 2. The van der Waals surface area contributed by atoms with Crippen molar-refractivity contribution in [3.05, 3.63) is 100 Å². The molecule has 0 saturated carbocycles. The molecule has 0 unspecified atom stereocenters. The number of nitrogens with zero attached hydrogens (tertiary/aromatic N) is 1. The van der Waals surface area contributed by atoms with Gasteiger partial charge in [-0.3, -0.25) is 14.6 Å². The lowest BCUT2D eigenvalue weighted by Crippen LogP contribution is -2.48. The van der Waals surface area contributed by atoms with Gasteiger partial charge in [-0.2, -0.15) is 0 Å². The van der Waals surface area contributed by atoms with Crippen LogP contribution in [0.4, 0.5) is 8.78 Å². The number of aromatic nitrogens is 1. The van der Waals surface area contributed by atoms with Gasteiger partial charge >= 0.3 is 0 Å². The number of carbonyl (C=O) groups excluding carboxylic acids is 2. The SMILES string of the molecule is Cc1ccc(C(=O)N[C@H](Cc2ccc(F)c(F)c2)C(=O)NCCc2ccccn2)cc1C. The predicted molar refractivity (Wildman–Crippen MR) is 118 cm³/mol. The van der Waals surface area contributed by atoms with Crippen molar-refractivity contribution in [1.82, 2.24) is 15.6 Å². The van der Waals surface area contributed by atoms with Gasteiger partial charge in [0.05, 0.1) is 0 Å². The quantitative estimate of drug-likeness (QED) is 0.565. The molecule has 0 bridgehead atoms. The first-order valence-electron chi connectivity index (χ1n) is 10.3. The highest BCUT2D eigenvalue weighted by Crippen LogP contribution is 2.13. The Morgan fingerprint density at radius 3 is 2.47 bits per heavy atom. The lowest BCUT2D eigenvalue weighted by molar-refractivity contribution is -0.122. The van der Waals surface area contributed by atoms with Gasteiger partial charge in [-0.1, -0.05) is 18.2 Å². The van der Waals surface area contributed by atoms with Gasteiger partial charge in [0.1, 0.15) is 6.04 Å². The first-order chi connectivity index (χ1) is 15.3. The van der Waals surface area contributed by atoms with Crippen LogP contribution in [0.3, 0.4) is 0 Å². The monoisotopic (exact) mass is 437 g/mol. The molecule has 3 aromatic rings. The molecule has 0 fully saturated rings. The Morgan fingerprint density at radius 1 is 0.969 bits per heavy atom. The maximum absolute atomic E-state index is 13.7. The van der Waals surface area contributed by atoms with Crippen LogP contribution in [0.2, 0.25) is 0 Å². The first-order valence-corrected chi connectivity index (χ1v) is 10.3. The molecule has 1 aromatic heterocycles. The van der Waals surface area contributed by atoms with Crippen LogP contribution in [0.25, 0.3) is 0 Å². The fraction of sp³-hybridized carbons (Fsp3) is 0.240. The highest BCUT2D eigenvalue weighted by atomic mass is 19.2. The average Bonchev–Trinajstić information content (AvgIpc) is 2.78. The van der Waals surface area contributed by atoms with Crippen LogP contribution in [0.5, 0.6) is 0 Å². The van der Waals surface area contributed by atoms with E-state index in [2.05, 4.69) is 15.6 Å². The van der Waals surface area contributed by atoms with E-state index >= 15 is 0 Å². The molecule has 0 saturated heterocycles. The standard InChI is InChI=1S/C25H25F2N3O2/c1-16-6-8-19(13-17(16)2)24(31)30-23(15-18-7-9-21(26)22(27)14-18)25(32)29-12-10-20-5-3-4-11-28-20/h3-9,11,13-14,23H,10,12,15H2,1-2H3,(H,29,32)(H,30,31)/t23-/m1/s1. The van der Waals surface area contributed by atoms with Gasteiger partial charge in [-0.05, 0) is 66.9 Å². The number of rotatable bonds is 8. The van der Waals surface area contributed by atoms with Crippen LogP contribution in [0.1, 0.15) is 32.7 Å². The molecule has 5 nitrogen and oxygen atoms in total. The van der Waals surface area contributed by atoms with Crippen LogP contribution in [-0.4, -0.2) is 29.4 Å². The third kappa shape index (κ3) is 6.20. The van der Waals surface area contributed by atoms with Crippen molar-refractivity contribution in [3.8, 4) is 0 Å². The van der Waals surface area contributed by atoms with Crippen molar-refractivity contribution in [3.63, 3.8) is 0 Å². The molecule has 1 heterocycles. The average molecular weight is 437 g/mol. The molecule has 2 N–H and O–H groups in total. The second-order valence-electron chi connectivity index (χ2n) is 7.64.